The molecule has 0 spiro atoms. The number of ether oxygens (including phenoxy) is 1. The van der Waals surface area contributed by atoms with Gasteiger partial charge in [-0.25, -0.2) is 0 Å². The summed E-state index contributed by atoms with van der Waals surface area (Å²) in [5.74, 6) is 1.61. The Labute approximate surface area is 504 Å². The quantitative estimate of drug-likeness (QED) is 0.0228. The first-order valence-corrected chi connectivity index (χ1v) is 32.6. The molecule has 0 saturated carbocycles. The highest BCUT2D eigenvalue weighted by Crippen LogP contribution is 2.49. The molecule has 2 amide bonds. The van der Waals surface area contributed by atoms with Crippen molar-refractivity contribution < 1.29 is 31.9 Å². The standard InChI is InChI=1S/C73H96N4O6S/c1-12-13-49-76-64-32-19-18-31-62(64)72(8,9)66(76)44-37-57-29-24-30-58(70(57)83-59-39-34-54(3)35-40-59)38-45-67-73(10,11)63-52-60(84(80,81)82)41-43-65(63)77(67)50-22-16-17-33-68(78)74-47-20-14-15-21-48-75-69(79)51-55(4)27-23-26-53(2)36-42-61-56(5)28-25-46-71(61,6)7/h18-19,23,26-27,31-32,34-45,51-52H,12-17,20-22,24-25,28-30,33,46-50H2,1-11H3,(H2-,74,75,78,79,80,81,82)/p+1/b27-23+,42-36+,53-26+,55-51+. The summed E-state index contributed by atoms with van der Waals surface area (Å²) in [5, 5.41) is 6.12. The van der Waals surface area contributed by atoms with E-state index in [1.165, 1.54) is 59.0 Å². The summed E-state index contributed by atoms with van der Waals surface area (Å²) in [7, 11) is -4.43. The van der Waals surface area contributed by atoms with Gasteiger partial charge in [0.15, 0.2) is 5.71 Å². The van der Waals surface area contributed by atoms with E-state index >= 15 is 0 Å². The number of aryl methyl sites for hydroxylation is 1. The Morgan fingerprint density at radius 3 is 2.20 bits per heavy atom. The fourth-order valence-corrected chi connectivity index (χ4v) is 13.0. The molecule has 4 aliphatic rings. The van der Waals surface area contributed by atoms with E-state index in [1.807, 2.05) is 37.3 Å². The van der Waals surface area contributed by atoms with Crippen LogP contribution in [0.5, 0.6) is 5.75 Å². The predicted octanol–water partition coefficient (Wildman–Crippen LogP) is 17.0. The van der Waals surface area contributed by atoms with Gasteiger partial charge < -0.3 is 20.3 Å². The third kappa shape index (κ3) is 17.1. The van der Waals surface area contributed by atoms with Crippen molar-refractivity contribution in [3.8, 4) is 5.75 Å². The molecule has 0 fully saturated rings. The van der Waals surface area contributed by atoms with Crippen LogP contribution < -0.4 is 20.3 Å². The molecular weight excluding hydrogens is 1060 g/mol. The van der Waals surface area contributed by atoms with Crippen LogP contribution in [0.3, 0.4) is 0 Å². The molecule has 0 unspecified atom stereocenters. The molecule has 0 atom stereocenters. The number of para-hydroxylation sites is 1. The average molecular weight is 1160 g/mol. The van der Waals surface area contributed by atoms with Crippen LogP contribution in [0.2, 0.25) is 0 Å². The van der Waals surface area contributed by atoms with Gasteiger partial charge in [0.05, 0.1) is 10.3 Å². The molecule has 11 heteroatoms. The van der Waals surface area contributed by atoms with Crippen LogP contribution >= 0.6 is 0 Å². The first-order valence-electron chi connectivity index (χ1n) is 31.2. The summed E-state index contributed by atoms with van der Waals surface area (Å²) in [6.45, 7) is 27.0. The molecule has 0 bridgehead atoms. The van der Waals surface area contributed by atoms with Crippen LogP contribution in [-0.2, 0) is 30.5 Å². The van der Waals surface area contributed by atoms with Crippen LogP contribution in [0, 0.1) is 12.3 Å². The van der Waals surface area contributed by atoms with Gasteiger partial charge in [0.2, 0.25) is 17.5 Å². The minimum absolute atomic E-state index is 0.0530. The van der Waals surface area contributed by atoms with Gasteiger partial charge in [0.25, 0.3) is 10.1 Å². The molecule has 2 heterocycles. The summed E-state index contributed by atoms with van der Waals surface area (Å²) in [4.78, 5) is 27.7. The molecule has 2 aliphatic heterocycles. The first kappa shape index (κ1) is 65.0. The zero-order valence-corrected chi connectivity index (χ0v) is 53.4. The van der Waals surface area contributed by atoms with E-state index < -0.39 is 15.5 Å². The van der Waals surface area contributed by atoms with E-state index in [1.54, 1.807) is 12.1 Å². The highest BCUT2D eigenvalue weighted by Gasteiger charge is 2.44. The maximum atomic E-state index is 13.0. The van der Waals surface area contributed by atoms with Crippen LogP contribution in [-0.4, -0.2) is 61.3 Å². The fraction of sp³-hybridized carbons (Fsp3) is 0.466. The molecular formula is C73H97N4O6S+. The van der Waals surface area contributed by atoms with E-state index in [-0.39, 0.29) is 27.5 Å². The van der Waals surface area contributed by atoms with Crippen LogP contribution in [0.4, 0.5) is 11.4 Å². The zero-order chi connectivity index (χ0) is 60.7. The minimum atomic E-state index is -4.43. The summed E-state index contributed by atoms with van der Waals surface area (Å²) < 4.78 is 44.5. The lowest BCUT2D eigenvalue weighted by Crippen LogP contribution is -2.28. The second-order valence-corrected chi connectivity index (χ2v) is 26.9. The molecule has 3 aromatic rings. The van der Waals surface area contributed by atoms with E-state index in [0.29, 0.717) is 26.1 Å². The number of carbonyl (C=O) groups is 2. The SMILES string of the molecule is CCCC[N+]1=C(/C=C/C2=C(Oc3ccc(C)cc3)C(=C/C=C3/N(CCCCCC(=O)NCCCCCCNC(=O)/C=C(C)/C=C/C=C(C)/C=C/C4=C(C)CCCC4(C)C)c4ccc(S(=O)(=O)O)cc4C3(C)C)/CCC2)C(C)(C)c2ccccc21. The number of benzene rings is 3. The molecule has 84 heavy (non-hydrogen) atoms. The van der Waals surface area contributed by atoms with Crippen molar-refractivity contribution in [3.05, 3.63) is 189 Å². The molecule has 0 saturated heterocycles. The van der Waals surface area contributed by atoms with Crippen molar-refractivity contribution in [1.82, 2.24) is 10.6 Å². The third-order valence-electron chi connectivity index (χ3n) is 17.4. The number of nitrogens with zero attached hydrogens (tertiary/aromatic N) is 2. The van der Waals surface area contributed by atoms with Crippen molar-refractivity contribution in [3.63, 3.8) is 0 Å². The number of amides is 2. The number of nitrogens with one attached hydrogen (secondary N) is 2. The lowest BCUT2D eigenvalue weighted by atomic mass is 9.72. The topological polar surface area (TPSA) is 128 Å². The highest BCUT2D eigenvalue weighted by atomic mass is 32.2. The van der Waals surface area contributed by atoms with Crippen LogP contribution in [0.15, 0.2) is 177 Å². The van der Waals surface area contributed by atoms with Gasteiger partial charge in [0, 0.05) is 73.1 Å². The summed E-state index contributed by atoms with van der Waals surface area (Å²) >= 11 is 0. The number of allylic oxidation sites excluding steroid dienone is 16. The number of fused-ring (bicyclic) bond motifs is 2. The largest absolute Gasteiger partial charge is 0.457 e. The lowest BCUT2D eigenvalue weighted by molar-refractivity contribution is -0.438. The van der Waals surface area contributed by atoms with Crippen molar-refractivity contribution in [2.45, 2.75) is 195 Å². The summed E-state index contributed by atoms with van der Waals surface area (Å²) in [6.07, 6.45) is 36.2. The molecule has 10 nitrogen and oxygen atoms in total. The Hall–Kier alpha value is -6.56. The second kappa shape index (κ2) is 29.5. The Balaban J connectivity index is 0.933. The van der Waals surface area contributed by atoms with E-state index in [9.17, 15) is 22.6 Å². The van der Waals surface area contributed by atoms with Gasteiger partial charge in [-0.2, -0.15) is 13.0 Å². The van der Waals surface area contributed by atoms with Gasteiger partial charge >= 0.3 is 0 Å². The zero-order valence-electron chi connectivity index (χ0n) is 52.6. The Kier molecular flexibility index (Phi) is 22.8. The number of carbonyl (C=O) groups excluding carboxylic acids is 2. The number of hydrogen-bond donors (Lipinski definition) is 3. The molecule has 0 radical (unpaired) electrons. The van der Waals surface area contributed by atoms with Gasteiger partial charge in [0.1, 0.15) is 18.1 Å². The van der Waals surface area contributed by atoms with Gasteiger partial charge in [-0.1, -0.05) is 144 Å². The molecule has 3 aromatic carbocycles. The van der Waals surface area contributed by atoms with Crippen molar-refractivity contribution in [1.29, 1.82) is 0 Å². The number of unbranched alkanes of at least 4 members (excludes halogenated alkanes) is 6. The Morgan fingerprint density at radius 1 is 0.750 bits per heavy atom. The van der Waals surface area contributed by atoms with Crippen LogP contribution in [0.1, 0.15) is 189 Å². The maximum absolute atomic E-state index is 13.0. The number of anilines is 1. The highest BCUT2D eigenvalue weighted by molar-refractivity contribution is 7.85. The molecule has 0 aromatic heterocycles. The van der Waals surface area contributed by atoms with Crippen LogP contribution in [0.25, 0.3) is 0 Å². The predicted molar refractivity (Wildman–Crippen MR) is 348 cm³/mol. The van der Waals surface area contributed by atoms with Gasteiger partial charge in [-0.3, -0.25) is 14.1 Å². The molecule has 450 valence electrons. The van der Waals surface area contributed by atoms with Gasteiger partial charge in [-0.15, -0.1) is 0 Å². The van der Waals surface area contributed by atoms with E-state index in [2.05, 4.69) is 168 Å². The molecule has 7 rings (SSSR count). The number of hydrogen-bond acceptors (Lipinski definition) is 6. The third-order valence-corrected chi connectivity index (χ3v) is 18.3. The Morgan fingerprint density at radius 2 is 1.48 bits per heavy atom. The monoisotopic (exact) mass is 1160 g/mol. The second-order valence-electron chi connectivity index (χ2n) is 25.5. The summed E-state index contributed by atoms with van der Waals surface area (Å²) in [5.41, 5.74) is 14.5. The lowest BCUT2D eigenvalue weighted by Gasteiger charge is -2.32. The Bertz CT molecular complexity index is 3300. The van der Waals surface area contributed by atoms with E-state index in [4.69, 9.17) is 4.74 Å². The maximum Gasteiger partial charge on any atom is 0.294 e. The minimum Gasteiger partial charge on any atom is -0.457 e. The first-order chi connectivity index (χ1) is 40.0. The molecule has 2 aliphatic carbocycles. The molecule has 3 N–H and O–H groups in total. The van der Waals surface area contributed by atoms with E-state index in [0.717, 1.165) is 134 Å². The van der Waals surface area contributed by atoms with Crippen molar-refractivity contribution in [2.75, 3.05) is 31.1 Å². The average Bonchev–Trinajstić information content (AvgIpc) is 1.79. The number of rotatable bonds is 27. The normalized spacial score (nSPS) is 19.0. The van der Waals surface area contributed by atoms with Crippen molar-refractivity contribution >= 4 is 39.0 Å². The van der Waals surface area contributed by atoms with Crippen molar-refractivity contribution in [2.24, 2.45) is 5.41 Å². The van der Waals surface area contributed by atoms with Gasteiger partial charge in [-0.05, 0) is 182 Å². The smallest absolute Gasteiger partial charge is 0.294 e. The fourth-order valence-electron chi connectivity index (χ4n) is 12.5. The summed E-state index contributed by atoms with van der Waals surface area (Å²) in [6, 6.07) is 21.9.